The van der Waals surface area contributed by atoms with Crippen LogP contribution in [0.5, 0.6) is 0 Å². The molecule has 1 atom stereocenters. The molecular formula is C23H52O6Si4. The van der Waals surface area contributed by atoms with Crippen LogP contribution in [-0.4, -0.2) is 65.4 Å². The van der Waals surface area contributed by atoms with Crippen LogP contribution in [0.1, 0.15) is 33.1 Å². The van der Waals surface area contributed by atoms with Gasteiger partial charge in [0.1, 0.15) is 12.7 Å². The first-order valence-corrected chi connectivity index (χ1v) is 24.8. The highest BCUT2D eigenvalue weighted by molar-refractivity contribution is 6.87. The predicted octanol–water partition coefficient (Wildman–Crippen LogP) is 6.68. The maximum atomic E-state index is 11.7. The highest BCUT2D eigenvalue weighted by Crippen LogP contribution is 2.26. The van der Waals surface area contributed by atoms with Crippen molar-refractivity contribution in [2.45, 2.75) is 110 Å². The molecule has 0 saturated carbocycles. The zero-order chi connectivity index (χ0) is 25.9. The molecule has 0 aromatic carbocycles. The standard InChI is InChI=1S/C23H52O6Si4/c1-13-14-17-31(7,8)28-33(11,12)29-32(9,10)18-15-16-25-19-22(27-30(4,5)6)20-26-23(24)21(2)3/h22H,2,13-20H2,1,3-12H3. The maximum absolute atomic E-state index is 11.7. The van der Waals surface area contributed by atoms with E-state index in [0.717, 1.165) is 12.5 Å². The van der Waals surface area contributed by atoms with E-state index in [4.69, 9.17) is 22.1 Å². The van der Waals surface area contributed by atoms with E-state index in [1.165, 1.54) is 18.9 Å². The highest BCUT2D eigenvalue weighted by atomic mass is 28.5. The number of hydrogen-bond acceptors (Lipinski definition) is 6. The van der Waals surface area contributed by atoms with Crippen LogP contribution in [0.4, 0.5) is 0 Å². The van der Waals surface area contributed by atoms with Crippen molar-refractivity contribution in [2.24, 2.45) is 0 Å². The molecule has 0 aliphatic heterocycles. The molecule has 0 aromatic heterocycles. The number of unbranched alkanes of at least 4 members (excludes halogenated alkanes) is 1. The molecule has 0 amide bonds. The molecule has 0 spiro atoms. The molecule has 196 valence electrons. The Hall–Kier alpha value is -0.0825. The van der Waals surface area contributed by atoms with Crippen molar-refractivity contribution in [3.8, 4) is 0 Å². The fourth-order valence-electron chi connectivity index (χ4n) is 3.78. The molecule has 0 fully saturated rings. The Labute approximate surface area is 208 Å². The van der Waals surface area contributed by atoms with Gasteiger partial charge < -0.3 is 22.1 Å². The van der Waals surface area contributed by atoms with Crippen molar-refractivity contribution in [2.75, 3.05) is 19.8 Å². The SMILES string of the molecule is C=C(C)C(=O)OCC(COCCC[Si](C)(C)O[Si](C)(C)O[Si](C)(C)CCCC)O[Si](C)(C)C. The van der Waals surface area contributed by atoms with Crippen LogP contribution in [0.15, 0.2) is 12.2 Å². The van der Waals surface area contributed by atoms with Gasteiger partial charge in [-0.15, -0.1) is 0 Å². The first-order valence-electron chi connectivity index (χ1n) is 12.4. The molecule has 10 heteroatoms. The second-order valence-corrected chi connectivity index (χ2v) is 28.6. The number of hydrogen-bond donors (Lipinski definition) is 0. The fourth-order valence-corrected chi connectivity index (χ4v) is 19.1. The second-order valence-electron chi connectivity index (χ2n) is 11.6. The molecule has 0 saturated heterocycles. The van der Waals surface area contributed by atoms with Gasteiger partial charge in [0.25, 0.3) is 0 Å². The van der Waals surface area contributed by atoms with E-state index in [2.05, 4.69) is 72.4 Å². The summed E-state index contributed by atoms with van der Waals surface area (Å²) in [4.78, 5) is 11.7. The highest BCUT2D eigenvalue weighted by Gasteiger charge is 2.39. The van der Waals surface area contributed by atoms with Crippen molar-refractivity contribution in [1.29, 1.82) is 0 Å². The van der Waals surface area contributed by atoms with E-state index in [-0.39, 0.29) is 18.7 Å². The van der Waals surface area contributed by atoms with Gasteiger partial charge >= 0.3 is 14.5 Å². The van der Waals surface area contributed by atoms with Crippen molar-refractivity contribution in [1.82, 2.24) is 0 Å². The minimum absolute atomic E-state index is 0.189. The molecule has 0 radical (unpaired) electrons. The zero-order valence-corrected chi connectivity index (χ0v) is 27.4. The number of esters is 1. The van der Waals surface area contributed by atoms with Gasteiger partial charge in [-0.1, -0.05) is 26.3 Å². The number of ether oxygens (including phenoxy) is 2. The second kappa shape index (κ2) is 14.5. The Kier molecular flexibility index (Phi) is 14.4. The molecule has 0 bridgehead atoms. The van der Waals surface area contributed by atoms with Gasteiger partial charge in [-0.05, 0) is 84.4 Å². The van der Waals surface area contributed by atoms with Gasteiger partial charge in [0.15, 0.2) is 25.0 Å². The van der Waals surface area contributed by atoms with Crippen LogP contribution >= 0.6 is 0 Å². The fraction of sp³-hybridized carbons (Fsp3) is 0.870. The average Bonchev–Trinajstić information content (AvgIpc) is 2.60. The van der Waals surface area contributed by atoms with Crippen molar-refractivity contribution in [3.05, 3.63) is 12.2 Å². The predicted molar refractivity (Wildman–Crippen MR) is 149 cm³/mol. The third-order valence-corrected chi connectivity index (χ3v) is 17.3. The lowest BCUT2D eigenvalue weighted by Gasteiger charge is -2.38. The topological polar surface area (TPSA) is 63.2 Å². The Balaban J connectivity index is 4.56. The monoisotopic (exact) mass is 536 g/mol. The van der Waals surface area contributed by atoms with Gasteiger partial charge in [-0.3, -0.25) is 0 Å². The molecule has 0 N–H and O–H groups in total. The number of carbonyl (C=O) groups is 1. The van der Waals surface area contributed by atoms with Crippen LogP contribution in [0.25, 0.3) is 0 Å². The minimum Gasteiger partial charge on any atom is -0.460 e. The van der Waals surface area contributed by atoms with E-state index in [1.807, 2.05) is 0 Å². The van der Waals surface area contributed by atoms with Crippen LogP contribution in [-0.2, 0) is 26.9 Å². The summed E-state index contributed by atoms with van der Waals surface area (Å²) in [5.74, 6) is -0.390. The van der Waals surface area contributed by atoms with Gasteiger partial charge in [0.05, 0.1) is 6.61 Å². The smallest absolute Gasteiger partial charge is 0.333 e. The lowest BCUT2D eigenvalue weighted by atomic mass is 10.3. The number of rotatable bonds is 18. The third kappa shape index (κ3) is 17.9. The molecule has 0 aliphatic rings. The Morgan fingerprint density at radius 2 is 1.36 bits per heavy atom. The van der Waals surface area contributed by atoms with Crippen molar-refractivity contribution in [3.63, 3.8) is 0 Å². The van der Waals surface area contributed by atoms with Gasteiger partial charge in [-0.25, -0.2) is 4.79 Å². The Bertz CT molecular complexity index is 602. The van der Waals surface area contributed by atoms with Crippen LogP contribution < -0.4 is 0 Å². The van der Waals surface area contributed by atoms with E-state index in [1.54, 1.807) is 6.92 Å². The molecule has 33 heavy (non-hydrogen) atoms. The van der Waals surface area contributed by atoms with Gasteiger partial charge in [0.2, 0.25) is 0 Å². The van der Waals surface area contributed by atoms with Gasteiger partial charge in [0, 0.05) is 12.2 Å². The molecule has 0 aliphatic carbocycles. The average molecular weight is 537 g/mol. The van der Waals surface area contributed by atoms with E-state index in [9.17, 15) is 4.79 Å². The first kappa shape index (κ1) is 32.9. The third-order valence-electron chi connectivity index (χ3n) is 4.82. The van der Waals surface area contributed by atoms with Crippen LogP contribution in [0.2, 0.25) is 71.0 Å². The molecule has 0 aromatic rings. The lowest BCUT2D eigenvalue weighted by Crippen LogP contribution is -2.52. The summed E-state index contributed by atoms with van der Waals surface area (Å²) in [6.45, 7) is 28.7. The van der Waals surface area contributed by atoms with Crippen molar-refractivity contribution < 1.29 is 26.9 Å². The summed E-state index contributed by atoms with van der Waals surface area (Å²) < 4.78 is 30.7. The Morgan fingerprint density at radius 1 is 0.848 bits per heavy atom. The molecule has 0 rings (SSSR count). The first-order chi connectivity index (χ1) is 14.9. The van der Waals surface area contributed by atoms with Crippen LogP contribution in [0, 0.1) is 0 Å². The van der Waals surface area contributed by atoms with E-state index < -0.39 is 33.5 Å². The largest absolute Gasteiger partial charge is 0.460 e. The summed E-state index contributed by atoms with van der Waals surface area (Å²) >= 11 is 0. The number of carbonyl (C=O) groups excluding carboxylic acids is 1. The molecular weight excluding hydrogens is 485 g/mol. The van der Waals surface area contributed by atoms with E-state index >= 15 is 0 Å². The summed E-state index contributed by atoms with van der Waals surface area (Å²) in [5, 5.41) is 0. The summed E-state index contributed by atoms with van der Waals surface area (Å²) in [5.41, 5.74) is 0.390. The van der Waals surface area contributed by atoms with E-state index in [0.29, 0.717) is 18.8 Å². The zero-order valence-electron chi connectivity index (χ0n) is 23.4. The lowest BCUT2D eigenvalue weighted by molar-refractivity contribution is -0.142. The molecule has 0 heterocycles. The summed E-state index contributed by atoms with van der Waals surface area (Å²) in [6.07, 6.45) is 3.13. The quantitative estimate of drug-likeness (QED) is 0.0843. The van der Waals surface area contributed by atoms with Crippen LogP contribution in [0.3, 0.4) is 0 Å². The maximum Gasteiger partial charge on any atom is 0.333 e. The molecule has 6 nitrogen and oxygen atoms in total. The minimum atomic E-state index is -2.16. The van der Waals surface area contributed by atoms with Gasteiger partial charge in [-0.2, -0.15) is 0 Å². The Morgan fingerprint density at radius 3 is 1.82 bits per heavy atom. The normalized spacial score (nSPS) is 14.3. The van der Waals surface area contributed by atoms with Crippen molar-refractivity contribution >= 4 is 39.5 Å². The summed E-state index contributed by atoms with van der Waals surface area (Å²) in [6, 6.07) is 2.22. The summed E-state index contributed by atoms with van der Waals surface area (Å²) in [7, 11) is -7.47. The molecule has 1 unspecified atom stereocenters.